The van der Waals surface area contributed by atoms with Crippen molar-refractivity contribution in [1.82, 2.24) is 15.5 Å². The Labute approximate surface area is 127 Å². The van der Waals surface area contributed by atoms with E-state index >= 15 is 0 Å². The van der Waals surface area contributed by atoms with E-state index in [9.17, 15) is 4.79 Å². The molecule has 1 aliphatic heterocycles. The molecular formula is C15H28N4O2. The fraction of sp³-hybridized carbons (Fsp3) is 0.867. The van der Waals surface area contributed by atoms with Crippen molar-refractivity contribution in [2.75, 3.05) is 26.7 Å². The first kappa shape index (κ1) is 15.9. The Bertz CT molecular complexity index is 399. The highest BCUT2D eigenvalue weighted by Gasteiger charge is 2.29. The number of carbonyl (C=O) groups excluding carboxylic acids is 1. The van der Waals surface area contributed by atoms with Gasteiger partial charge in [0.05, 0.1) is 6.04 Å². The number of hydrogen-bond donors (Lipinski definition) is 2. The molecule has 0 bridgehead atoms. The van der Waals surface area contributed by atoms with Crippen LogP contribution in [0.5, 0.6) is 0 Å². The minimum absolute atomic E-state index is 0.124. The summed E-state index contributed by atoms with van der Waals surface area (Å²) in [6, 6.07) is 0.124. The maximum absolute atomic E-state index is 11.8. The summed E-state index contributed by atoms with van der Waals surface area (Å²) in [5.41, 5.74) is -0.454. The fourth-order valence-electron chi connectivity index (χ4n) is 2.43. The van der Waals surface area contributed by atoms with Crippen molar-refractivity contribution in [3.8, 4) is 0 Å². The van der Waals surface area contributed by atoms with Gasteiger partial charge in [-0.1, -0.05) is 0 Å². The summed E-state index contributed by atoms with van der Waals surface area (Å²) in [5.74, 6) is 1.76. The number of likely N-dealkylation sites (tertiary alicyclic amines) is 1. The summed E-state index contributed by atoms with van der Waals surface area (Å²) in [5, 5.41) is 6.35. The first-order chi connectivity index (χ1) is 9.87. The van der Waals surface area contributed by atoms with E-state index in [1.165, 1.54) is 12.8 Å². The van der Waals surface area contributed by atoms with Crippen molar-refractivity contribution >= 4 is 12.1 Å². The first-order valence-corrected chi connectivity index (χ1v) is 7.82. The molecule has 1 saturated heterocycles. The van der Waals surface area contributed by atoms with E-state index in [-0.39, 0.29) is 12.1 Å². The Balaban J connectivity index is 1.75. The summed E-state index contributed by atoms with van der Waals surface area (Å²) in [6.45, 7) is 8.31. The number of aliphatic imine (C=N–C) groups is 1. The van der Waals surface area contributed by atoms with E-state index in [1.54, 1.807) is 0 Å². The number of nitrogens with zero attached hydrogens (tertiary/aromatic N) is 2. The Morgan fingerprint density at radius 2 is 2.05 bits per heavy atom. The van der Waals surface area contributed by atoms with Gasteiger partial charge in [0.25, 0.3) is 0 Å². The van der Waals surface area contributed by atoms with Crippen LogP contribution in [-0.2, 0) is 4.74 Å². The van der Waals surface area contributed by atoms with Crippen molar-refractivity contribution in [3.05, 3.63) is 0 Å². The molecule has 0 aromatic heterocycles. The Hall–Kier alpha value is -1.46. The van der Waals surface area contributed by atoms with Gasteiger partial charge in [-0.25, -0.2) is 4.79 Å². The molecule has 21 heavy (non-hydrogen) atoms. The van der Waals surface area contributed by atoms with Crippen molar-refractivity contribution in [2.24, 2.45) is 10.9 Å². The minimum Gasteiger partial charge on any atom is -0.444 e. The molecule has 0 radical (unpaired) electrons. The van der Waals surface area contributed by atoms with E-state index in [4.69, 9.17) is 4.74 Å². The third kappa shape index (κ3) is 5.44. The molecule has 2 rings (SSSR count). The lowest BCUT2D eigenvalue weighted by Crippen LogP contribution is -2.44. The second kappa shape index (κ2) is 6.54. The molecule has 1 atom stereocenters. The Morgan fingerprint density at radius 3 is 2.62 bits per heavy atom. The smallest absolute Gasteiger partial charge is 0.407 e. The van der Waals surface area contributed by atoms with Crippen molar-refractivity contribution in [1.29, 1.82) is 0 Å². The van der Waals surface area contributed by atoms with E-state index in [1.807, 2.05) is 27.8 Å². The van der Waals surface area contributed by atoms with Crippen LogP contribution in [0.15, 0.2) is 4.99 Å². The van der Waals surface area contributed by atoms with Crippen LogP contribution in [0.2, 0.25) is 0 Å². The van der Waals surface area contributed by atoms with Crippen molar-refractivity contribution in [3.63, 3.8) is 0 Å². The van der Waals surface area contributed by atoms with E-state index in [2.05, 4.69) is 20.5 Å². The van der Waals surface area contributed by atoms with Gasteiger partial charge in [-0.2, -0.15) is 0 Å². The second-order valence-electron chi connectivity index (χ2n) is 6.95. The lowest BCUT2D eigenvalue weighted by molar-refractivity contribution is 0.0507. The number of carbonyl (C=O) groups is 1. The molecule has 6 heteroatoms. The molecule has 1 heterocycles. The summed E-state index contributed by atoms with van der Waals surface area (Å²) < 4.78 is 5.29. The van der Waals surface area contributed by atoms with Gasteiger partial charge >= 0.3 is 6.09 Å². The summed E-state index contributed by atoms with van der Waals surface area (Å²) in [6.07, 6.45) is 3.23. The number of guanidine groups is 1. The molecule has 6 nitrogen and oxygen atoms in total. The lowest BCUT2D eigenvalue weighted by atomic mass is 10.2. The van der Waals surface area contributed by atoms with E-state index < -0.39 is 5.60 Å². The zero-order valence-corrected chi connectivity index (χ0v) is 13.6. The Kier molecular flexibility index (Phi) is 4.96. The van der Waals surface area contributed by atoms with Gasteiger partial charge in [0.1, 0.15) is 5.60 Å². The summed E-state index contributed by atoms with van der Waals surface area (Å²) in [7, 11) is 1.81. The molecule has 120 valence electrons. The normalized spacial score (nSPS) is 23.1. The molecule has 0 aromatic rings. The molecule has 2 N–H and O–H groups in total. The topological polar surface area (TPSA) is 66.0 Å². The molecular weight excluding hydrogens is 268 g/mol. The second-order valence-corrected chi connectivity index (χ2v) is 6.95. The highest BCUT2D eigenvalue weighted by molar-refractivity contribution is 5.80. The monoisotopic (exact) mass is 296 g/mol. The molecule has 1 unspecified atom stereocenters. The third-order valence-corrected chi connectivity index (χ3v) is 3.67. The van der Waals surface area contributed by atoms with Gasteiger partial charge < -0.3 is 20.3 Å². The van der Waals surface area contributed by atoms with Crippen LogP contribution in [0, 0.1) is 5.92 Å². The number of alkyl carbamates (subject to hydrolysis) is 1. The van der Waals surface area contributed by atoms with Gasteiger partial charge in [0.15, 0.2) is 5.96 Å². The van der Waals surface area contributed by atoms with Gasteiger partial charge in [-0.05, 0) is 46.0 Å². The van der Waals surface area contributed by atoms with Crippen molar-refractivity contribution in [2.45, 2.75) is 51.7 Å². The minimum atomic E-state index is -0.454. The molecule has 2 fully saturated rings. The fourth-order valence-corrected chi connectivity index (χ4v) is 2.43. The van der Waals surface area contributed by atoms with Crippen LogP contribution >= 0.6 is 0 Å². The van der Waals surface area contributed by atoms with Crippen LogP contribution in [0.4, 0.5) is 4.79 Å². The average Bonchev–Trinajstić information content (AvgIpc) is 3.08. The largest absolute Gasteiger partial charge is 0.444 e. The number of ether oxygens (including phenoxy) is 1. The number of rotatable bonds is 3. The molecule has 0 spiro atoms. The predicted octanol–water partition coefficient (Wildman–Crippen LogP) is 1.57. The van der Waals surface area contributed by atoms with Gasteiger partial charge in [-0.3, -0.25) is 4.99 Å². The molecule has 1 saturated carbocycles. The van der Waals surface area contributed by atoms with E-state index in [0.717, 1.165) is 37.9 Å². The highest BCUT2D eigenvalue weighted by Crippen LogP contribution is 2.27. The van der Waals surface area contributed by atoms with Crippen molar-refractivity contribution < 1.29 is 9.53 Å². The third-order valence-electron chi connectivity index (χ3n) is 3.67. The maximum atomic E-state index is 11.8. The SMILES string of the molecule is CN=C(NCC1CC1)N1CCC(NC(=O)OC(C)(C)C)C1. The standard InChI is InChI=1S/C15H28N4O2/c1-15(2,3)21-14(20)18-12-7-8-19(10-12)13(16-4)17-9-11-5-6-11/h11-12H,5-10H2,1-4H3,(H,16,17)(H,18,20). The predicted molar refractivity (Wildman–Crippen MR) is 83.4 cm³/mol. The first-order valence-electron chi connectivity index (χ1n) is 7.82. The summed E-state index contributed by atoms with van der Waals surface area (Å²) >= 11 is 0. The molecule has 1 aliphatic carbocycles. The van der Waals surface area contributed by atoms with Gasteiger partial charge in [0, 0.05) is 26.7 Å². The van der Waals surface area contributed by atoms with Crippen LogP contribution in [0.25, 0.3) is 0 Å². The van der Waals surface area contributed by atoms with Crippen LogP contribution in [-0.4, -0.2) is 55.3 Å². The molecule has 0 aromatic carbocycles. The number of nitrogens with one attached hydrogen (secondary N) is 2. The van der Waals surface area contributed by atoms with Gasteiger partial charge in [-0.15, -0.1) is 0 Å². The van der Waals surface area contributed by atoms with Crippen LogP contribution < -0.4 is 10.6 Å². The van der Waals surface area contributed by atoms with E-state index in [0.29, 0.717) is 0 Å². The van der Waals surface area contributed by atoms with Gasteiger partial charge in [0.2, 0.25) is 0 Å². The quantitative estimate of drug-likeness (QED) is 0.613. The van der Waals surface area contributed by atoms with Crippen LogP contribution in [0.3, 0.4) is 0 Å². The molecule has 1 amide bonds. The maximum Gasteiger partial charge on any atom is 0.407 e. The number of hydrogen-bond acceptors (Lipinski definition) is 3. The average molecular weight is 296 g/mol. The summed E-state index contributed by atoms with van der Waals surface area (Å²) in [4.78, 5) is 18.3. The van der Waals surface area contributed by atoms with Crippen LogP contribution in [0.1, 0.15) is 40.0 Å². The zero-order valence-electron chi connectivity index (χ0n) is 13.6. The number of amides is 1. The highest BCUT2D eigenvalue weighted by atomic mass is 16.6. The zero-order chi connectivity index (χ0) is 15.5. The molecule has 2 aliphatic rings. The Morgan fingerprint density at radius 1 is 1.33 bits per heavy atom. The lowest BCUT2D eigenvalue weighted by Gasteiger charge is -2.23.